The van der Waals surface area contributed by atoms with Crippen LogP contribution >= 0.6 is 0 Å². The molecule has 268 valence electrons. The molecule has 3 aliphatic carbocycles. The van der Waals surface area contributed by atoms with E-state index in [1.165, 1.54) is 88.7 Å². The molecule has 0 aliphatic heterocycles. The fraction of sp³-hybridized carbons (Fsp3) is 0.0714. The first-order chi connectivity index (χ1) is 28.0. The van der Waals surface area contributed by atoms with Crippen LogP contribution in [0.25, 0.3) is 55.3 Å². The maximum atomic E-state index is 2.46. The Bertz CT molecular complexity index is 3040. The lowest BCUT2D eigenvalue weighted by atomic mass is 9.58. The molecule has 0 saturated carbocycles. The van der Waals surface area contributed by atoms with Crippen molar-refractivity contribution in [3.05, 3.63) is 234 Å². The van der Waals surface area contributed by atoms with Crippen LogP contribution in [0.1, 0.15) is 47.2 Å². The first-order valence-corrected chi connectivity index (χ1v) is 20.1. The summed E-state index contributed by atoms with van der Waals surface area (Å²) in [5.74, 6) is 0. The van der Waals surface area contributed by atoms with Crippen LogP contribution < -0.4 is 4.90 Å². The predicted molar refractivity (Wildman–Crippen MR) is 238 cm³/mol. The lowest BCUT2D eigenvalue weighted by molar-refractivity contribution is 0.660. The molecule has 1 nitrogen and oxygen atoms in total. The van der Waals surface area contributed by atoms with Crippen molar-refractivity contribution in [2.75, 3.05) is 4.90 Å². The molecule has 0 bridgehead atoms. The molecule has 0 saturated heterocycles. The fourth-order valence-electron chi connectivity index (χ4n) is 10.6. The second-order valence-electron chi connectivity index (χ2n) is 16.5. The summed E-state index contributed by atoms with van der Waals surface area (Å²) in [4.78, 5) is 2.36. The van der Waals surface area contributed by atoms with Gasteiger partial charge in [-0.25, -0.2) is 0 Å². The number of benzene rings is 9. The second kappa shape index (κ2) is 11.8. The Labute approximate surface area is 334 Å². The third-order valence-corrected chi connectivity index (χ3v) is 13.3. The highest BCUT2D eigenvalue weighted by atomic mass is 15.1. The van der Waals surface area contributed by atoms with Crippen molar-refractivity contribution < 1.29 is 0 Å². The van der Waals surface area contributed by atoms with Crippen LogP contribution in [0.2, 0.25) is 0 Å². The van der Waals surface area contributed by atoms with Crippen molar-refractivity contribution >= 4 is 27.8 Å². The van der Waals surface area contributed by atoms with Gasteiger partial charge >= 0.3 is 0 Å². The molecule has 0 fully saturated rings. The fourth-order valence-corrected chi connectivity index (χ4v) is 10.6. The highest BCUT2D eigenvalue weighted by Crippen LogP contribution is 2.64. The van der Waals surface area contributed by atoms with Gasteiger partial charge in [0.05, 0.1) is 5.41 Å². The molecule has 0 aromatic heterocycles. The molecule has 0 heterocycles. The van der Waals surface area contributed by atoms with Crippen LogP contribution in [0.3, 0.4) is 0 Å². The minimum Gasteiger partial charge on any atom is -0.311 e. The van der Waals surface area contributed by atoms with E-state index >= 15 is 0 Å². The molecular formula is C56H39N. The van der Waals surface area contributed by atoms with E-state index in [0.717, 1.165) is 17.1 Å². The van der Waals surface area contributed by atoms with Gasteiger partial charge in [-0.05, 0) is 137 Å². The lowest BCUT2D eigenvalue weighted by Crippen LogP contribution is -2.36. The topological polar surface area (TPSA) is 3.24 Å². The third-order valence-electron chi connectivity index (χ3n) is 13.3. The van der Waals surface area contributed by atoms with Crippen LogP contribution in [-0.4, -0.2) is 0 Å². The Hall–Kier alpha value is -6.96. The van der Waals surface area contributed by atoms with Crippen LogP contribution in [-0.2, 0) is 10.8 Å². The van der Waals surface area contributed by atoms with Gasteiger partial charge in [0.25, 0.3) is 0 Å². The first kappa shape index (κ1) is 32.3. The maximum absolute atomic E-state index is 2.46. The normalized spacial score (nSPS) is 14.4. The standard InChI is InChI=1S/C56H39N/c1-55(2)48-18-8-6-16-44(48)46-32-26-39(34-52(46)55)36-22-28-42(29-23-36)57(41-14-4-3-5-15-41)43-30-24-37(25-31-43)40-27-33-47-45-17-7-9-19-49(45)56(53(47)35-40)50-20-10-12-38-13-11-21-51(56)54(38)50/h3-35H,1-2H3. The monoisotopic (exact) mass is 725 g/mol. The third kappa shape index (κ3) is 4.40. The molecule has 1 spiro atoms. The van der Waals surface area contributed by atoms with E-state index in [1.54, 1.807) is 0 Å². The van der Waals surface area contributed by atoms with Crippen LogP contribution in [0, 0.1) is 0 Å². The quantitative estimate of drug-likeness (QED) is 0.171. The van der Waals surface area contributed by atoms with E-state index in [1.807, 2.05) is 0 Å². The van der Waals surface area contributed by atoms with Crippen molar-refractivity contribution in [3.8, 4) is 44.5 Å². The van der Waals surface area contributed by atoms with E-state index in [9.17, 15) is 0 Å². The minimum atomic E-state index is -0.241. The van der Waals surface area contributed by atoms with E-state index in [2.05, 4.69) is 219 Å². The van der Waals surface area contributed by atoms with Crippen molar-refractivity contribution in [1.29, 1.82) is 0 Å². The van der Waals surface area contributed by atoms with Gasteiger partial charge in [-0.3, -0.25) is 0 Å². The molecule has 0 radical (unpaired) electrons. The summed E-state index contributed by atoms with van der Waals surface area (Å²) in [6.07, 6.45) is 0. The van der Waals surface area contributed by atoms with Crippen LogP contribution in [0.4, 0.5) is 17.1 Å². The Morgan fingerprint density at radius 2 is 0.754 bits per heavy atom. The molecule has 0 atom stereocenters. The van der Waals surface area contributed by atoms with Crippen molar-refractivity contribution in [2.24, 2.45) is 0 Å². The molecule has 0 N–H and O–H groups in total. The highest BCUT2D eigenvalue weighted by molar-refractivity contribution is 6.05. The first-order valence-electron chi connectivity index (χ1n) is 20.1. The smallest absolute Gasteiger partial charge is 0.0725 e. The zero-order valence-corrected chi connectivity index (χ0v) is 32.0. The van der Waals surface area contributed by atoms with Crippen molar-refractivity contribution in [2.45, 2.75) is 24.7 Å². The maximum Gasteiger partial charge on any atom is 0.0725 e. The van der Waals surface area contributed by atoms with Gasteiger partial charge in [-0.1, -0.05) is 166 Å². The highest BCUT2D eigenvalue weighted by Gasteiger charge is 2.53. The Balaban J connectivity index is 0.902. The van der Waals surface area contributed by atoms with E-state index in [4.69, 9.17) is 0 Å². The van der Waals surface area contributed by atoms with E-state index in [-0.39, 0.29) is 10.8 Å². The lowest BCUT2D eigenvalue weighted by Gasteiger charge is -2.43. The number of hydrogen-bond acceptors (Lipinski definition) is 1. The van der Waals surface area contributed by atoms with Gasteiger partial charge in [0.15, 0.2) is 0 Å². The zero-order chi connectivity index (χ0) is 37.9. The number of para-hydroxylation sites is 1. The van der Waals surface area contributed by atoms with Gasteiger partial charge < -0.3 is 4.90 Å². The summed E-state index contributed by atoms with van der Waals surface area (Å²) in [5.41, 5.74) is 21.9. The molecule has 1 heteroatoms. The zero-order valence-electron chi connectivity index (χ0n) is 32.0. The molecule has 3 aliphatic rings. The number of hydrogen-bond donors (Lipinski definition) is 0. The average molecular weight is 726 g/mol. The Morgan fingerprint density at radius 3 is 1.37 bits per heavy atom. The van der Waals surface area contributed by atoms with Crippen LogP contribution in [0.5, 0.6) is 0 Å². The summed E-state index contributed by atoms with van der Waals surface area (Å²) >= 11 is 0. The molecule has 0 amide bonds. The summed E-state index contributed by atoms with van der Waals surface area (Å²) < 4.78 is 0. The van der Waals surface area contributed by atoms with Crippen molar-refractivity contribution in [3.63, 3.8) is 0 Å². The largest absolute Gasteiger partial charge is 0.311 e. The number of fused-ring (bicyclic) bond motifs is 10. The second-order valence-corrected chi connectivity index (χ2v) is 16.5. The molecule has 9 aromatic rings. The molecule has 12 rings (SSSR count). The average Bonchev–Trinajstić information content (AvgIpc) is 3.70. The number of rotatable bonds is 5. The molecular weight excluding hydrogens is 687 g/mol. The van der Waals surface area contributed by atoms with Crippen LogP contribution in [0.15, 0.2) is 200 Å². The minimum absolute atomic E-state index is 0.0262. The van der Waals surface area contributed by atoms with Gasteiger partial charge in [-0.15, -0.1) is 0 Å². The summed E-state index contributed by atoms with van der Waals surface area (Å²) in [6, 6.07) is 74.5. The summed E-state index contributed by atoms with van der Waals surface area (Å²) in [6.45, 7) is 4.70. The number of anilines is 3. The summed E-state index contributed by atoms with van der Waals surface area (Å²) in [7, 11) is 0. The van der Waals surface area contributed by atoms with Gasteiger partial charge in [0.2, 0.25) is 0 Å². The Morgan fingerprint density at radius 1 is 0.316 bits per heavy atom. The SMILES string of the molecule is CC1(C)c2ccccc2-c2ccc(-c3ccc(N(c4ccccc4)c4ccc(-c5ccc6c(c5)C5(c7ccccc7-6)c6cccc7cccc5c67)cc4)cc3)cc21. The molecule has 9 aromatic carbocycles. The molecule has 0 unspecified atom stereocenters. The predicted octanol–water partition coefficient (Wildman–Crippen LogP) is 14.6. The number of nitrogens with zero attached hydrogens (tertiary/aromatic N) is 1. The van der Waals surface area contributed by atoms with E-state index < -0.39 is 0 Å². The van der Waals surface area contributed by atoms with Crippen molar-refractivity contribution in [1.82, 2.24) is 0 Å². The van der Waals surface area contributed by atoms with Gasteiger partial charge in [0.1, 0.15) is 0 Å². The Kier molecular flexibility index (Phi) is 6.67. The van der Waals surface area contributed by atoms with Gasteiger partial charge in [-0.2, -0.15) is 0 Å². The van der Waals surface area contributed by atoms with Gasteiger partial charge in [0, 0.05) is 22.5 Å². The summed E-state index contributed by atoms with van der Waals surface area (Å²) in [5, 5.41) is 2.73. The van der Waals surface area contributed by atoms with E-state index in [0.29, 0.717) is 0 Å². The molecule has 57 heavy (non-hydrogen) atoms.